The van der Waals surface area contributed by atoms with Crippen molar-refractivity contribution < 1.29 is 4.74 Å². The van der Waals surface area contributed by atoms with E-state index in [0.717, 1.165) is 28.0 Å². The van der Waals surface area contributed by atoms with Crippen molar-refractivity contribution in [2.75, 3.05) is 12.3 Å². The Hall–Kier alpha value is -1.55. The third-order valence-corrected chi connectivity index (χ3v) is 3.95. The zero-order chi connectivity index (χ0) is 12.5. The number of nitrogens with two attached hydrogens (primary N) is 1. The van der Waals surface area contributed by atoms with Crippen molar-refractivity contribution in [2.24, 2.45) is 0 Å². The molecule has 4 heteroatoms. The first-order chi connectivity index (χ1) is 8.75. The van der Waals surface area contributed by atoms with E-state index in [2.05, 4.69) is 27.0 Å². The fourth-order valence-electron chi connectivity index (χ4n) is 2.33. The van der Waals surface area contributed by atoms with Crippen LogP contribution in [0, 0.1) is 0 Å². The van der Waals surface area contributed by atoms with Crippen LogP contribution < -0.4 is 10.5 Å². The first kappa shape index (κ1) is 11.5. The Balaban J connectivity index is 1.96. The molecule has 1 unspecified atom stereocenters. The van der Waals surface area contributed by atoms with E-state index in [1.807, 2.05) is 24.3 Å². The van der Waals surface area contributed by atoms with Crippen molar-refractivity contribution in [1.82, 2.24) is 4.98 Å². The SMILES string of the molecule is Nc1cccc2c1CC(c1cccnc1Br)CO2. The molecule has 92 valence electrons. The van der Waals surface area contributed by atoms with E-state index >= 15 is 0 Å². The van der Waals surface area contributed by atoms with Gasteiger partial charge in [0.15, 0.2) is 0 Å². The zero-order valence-electron chi connectivity index (χ0n) is 9.77. The van der Waals surface area contributed by atoms with Crippen molar-refractivity contribution in [3.63, 3.8) is 0 Å². The van der Waals surface area contributed by atoms with Gasteiger partial charge in [-0.25, -0.2) is 4.98 Å². The first-order valence-electron chi connectivity index (χ1n) is 5.86. The van der Waals surface area contributed by atoms with E-state index in [-0.39, 0.29) is 0 Å². The minimum Gasteiger partial charge on any atom is -0.493 e. The number of aromatic nitrogens is 1. The van der Waals surface area contributed by atoms with Crippen LogP contribution in [-0.4, -0.2) is 11.6 Å². The molecule has 2 heterocycles. The van der Waals surface area contributed by atoms with Gasteiger partial charge in [-0.15, -0.1) is 0 Å². The van der Waals surface area contributed by atoms with E-state index in [4.69, 9.17) is 10.5 Å². The predicted octanol–water partition coefficient (Wildman–Crippen LogP) is 3.15. The lowest BCUT2D eigenvalue weighted by atomic mass is 9.90. The summed E-state index contributed by atoms with van der Waals surface area (Å²) in [7, 11) is 0. The lowest BCUT2D eigenvalue weighted by Gasteiger charge is -2.26. The molecule has 0 amide bonds. The third-order valence-electron chi connectivity index (χ3n) is 3.29. The summed E-state index contributed by atoms with van der Waals surface area (Å²) >= 11 is 3.49. The number of anilines is 1. The van der Waals surface area contributed by atoms with Crippen LogP contribution in [0.1, 0.15) is 17.0 Å². The highest BCUT2D eigenvalue weighted by molar-refractivity contribution is 9.10. The summed E-state index contributed by atoms with van der Waals surface area (Å²) in [6.45, 7) is 0.667. The molecule has 18 heavy (non-hydrogen) atoms. The molecule has 2 aromatic rings. The van der Waals surface area contributed by atoms with Gasteiger partial charge in [0.2, 0.25) is 0 Å². The summed E-state index contributed by atoms with van der Waals surface area (Å²) in [4.78, 5) is 4.26. The number of pyridine rings is 1. The Morgan fingerprint density at radius 2 is 2.17 bits per heavy atom. The van der Waals surface area contributed by atoms with Gasteiger partial charge < -0.3 is 10.5 Å². The summed E-state index contributed by atoms with van der Waals surface area (Å²) in [6.07, 6.45) is 2.67. The summed E-state index contributed by atoms with van der Waals surface area (Å²) in [5, 5.41) is 0. The van der Waals surface area contributed by atoms with Crippen molar-refractivity contribution >= 4 is 21.6 Å². The fraction of sp³-hybridized carbons (Fsp3) is 0.214. The molecule has 0 saturated heterocycles. The van der Waals surface area contributed by atoms with Gasteiger partial charge in [-0.2, -0.15) is 0 Å². The molecule has 1 atom stereocenters. The van der Waals surface area contributed by atoms with Gasteiger partial charge >= 0.3 is 0 Å². The van der Waals surface area contributed by atoms with E-state index in [1.165, 1.54) is 5.56 Å². The number of benzene rings is 1. The molecular weight excluding hydrogens is 292 g/mol. The highest BCUT2D eigenvalue weighted by Crippen LogP contribution is 2.37. The maximum absolute atomic E-state index is 6.01. The predicted molar refractivity (Wildman–Crippen MR) is 74.7 cm³/mol. The van der Waals surface area contributed by atoms with Crippen LogP contribution in [0.5, 0.6) is 5.75 Å². The maximum Gasteiger partial charge on any atom is 0.124 e. The largest absolute Gasteiger partial charge is 0.493 e. The van der Waals surface area contributed by atoms with E-state index in [1.54, 1.807) is 6.20 Å². The highest BCUT2D eigenvalue weighted by Gasteiger charge is 2.24. The lowest BCUT2D eigenvalue weighted by Crippen LogP contribution is -2.20. The Kier molecular flexibility index (Phi) is 2.96. The van der Waals surface area contributed by atoms with Gasteiger partial charge in [-0.1, -0.05) is 12.1 Å². The van der Waals surface area contributed by atoms with Crippen LogP contribution >= 0.6 is 15.9 Å². The molecule has 1 aromatic heterocycles. The number of nitrogen functional groups attached to an aromatic ring is 1. The van der Waals surface area contributed by atoms with Crippen LogP contribution in [0.4, 0.5) is 5.69 Å². The second kappa shape index (κ2) is 4.61. The van der Waals surface area contributed by atoms with E-state index < -0.39 is 0 Å². The summed E-state index contributed by atoms with van der Waals surface area (Å²) in [5.41, 5.74) is 9.09. The molecule has 1 aliphatic rings. The fourth-order valence-corrected chi connectivity index (χ4v) is 2.91. The number of halogens is 1. The van der Waals surface area contributed by atoms with Crippen LogP contribution in [0.3, 0.4) is 0 Å². The number of hydrogen-bond acceptors (Lipinski definition) is 3. The number of rotatable bonds is 1. The normalized spacial score (nSPS) is 17.9. The number of ether oxygens (including phenoxy) is 1. The second-order valence-corrected chi connectivity index (χ2v) is 5.17. The van der Waals surface area contributed by atoms with Crippen molar-refractivity contribution in [1.29, 1.82) is 0 Å². The van der Waals surface area contributed by atoms with Gasteiger partial charge in [-0.3, -0.25) is 0 Å². The monoisotopic (exact) mass is 304 g/mol. The molecule has 3 rings (SSSR count). The zero-order valence-corrected chi connectivity index (χ0v) is 11.4. The third kappa shape index (κ3) is 1.97. The minimum atomic E-state index is 0.297. The minimum absolute atomic E-state index is 0.297. The average Bonchev–Trinajstić information content (AvgIpc) is 2.40. The van der Waals surface area contributed by atoms with E-state index in [0.29, 0.717) is 12.5 Å². The van der Waals surface area contributed by atoms with Crippen molar-refractivity contribution in [3.8, 4) is 5.75 Å². The van der Waals surface area contributed by atoms with Crippen molar-refractivity contribution in [3.05, 3.63) is 52.3 Å². The Labute approximate surface area is 114 Å². The molecule has 0 saturated carbocycles. The Morgan fingerprint density at radius 1 is 1.28 bits per heavy atom. The summed E-state index contributed by atoms with van der Waals surface area (Å²) in [6, 6.07) is 9.84. The maximum atomic E-state index is 6.01. The second-order valence-electron chi connectivity index (χ2n) is 4.42. The molecule has 1 aliphatic heterocycles. The van der Waals surface area contributed by atoms with Gasteiger partial charge in [0.25, 0.3) is 0 Å². The molecule has 0 aliphatic carbocycles. The molecule has 0 bridgehead atoms. The topological polar surface area (TPSA) is 48.1 Å². The molecule has 0 spiro atoms. The smallest absolute Gasteiger partial charge is 0.124 e. The van der Waals surface area contributed by atoms with Gasteiger partial charge in [0, 0.05) is 23.4 Å². The van der Waals surface area contributed by atoms with Crippen molar-refractivity contribution in [2.45, 2.75) is 12.3 Å². The highest BCUT2D eigenvalue weighted by atomic mass is 79.9. The quantitative estimate of drug-likeness (QED) is 0.650. The van der Waals surface area contributed by atoms with Crippen LogP contribution in [0.15, 0.2) is 41.1 Å². The Morgan fingerprint density at radius 3 is 3.00 bits per heavy atom. The van der Waals surface area contributed by atoms with Crippen LogP contribution in [-0.2, 0) is 6.42 Å². The standard InChI is InChI=1S/C14H13BrN2O/c15-14-10(3-2-6-17-14)9-7-11-12(16)4-1-5-13(11)18-8-9/h1-6,9H,7-8,16H2. The van der Waals surface area contributed by atoms with Crippen LogP contribution in [0.2, 0.25) is 0 Å². The molecular formula is C14H13BrN2O. The van der Waals surface area contributed by atoms with E-state index in [9.17, 15) is 0 Å². The van der Waals surface area contributed by atoms with Gasteiger partial charge in [0.1, 0.15) is 10.4 Å². The number of fused-ring (bicyclic) bond motifs is 1. The molecule has 3 nitrogen and oxygen atoms in total. The summed E-state index contributed by atoms with van der Waals surface area (Å²) in [5.74, 6) is 1.21. The molecule has 0 fully saturated rings. The lowest BCUT2D eigenvalue weighted by molar-refractivity contribution is 0.262. The van der Waals surface area contributed by atoms with Gasteiger partial charge in [0.05, 0.1) is 6.61 Å². The van der Waals surface area contributed by atoms with Gasteiger partial charge in [-0.05, 0) is 46.1 Å². The molecule has 2 N–H and O–H groups in total. The Bertz CT molecular complexity index is 586. The number of nitrogens with zero attached hydrogens (tertiary/aromatic N) is 1. The molecule has 1 aromatic carbocycles. The summed E-state index contributed by atoms with van der Waals surface area (Å²) < 4.78 is 6.68. The average molecular weight is 305 g/mol. The van der Waals surface area contributed by atoms with Crippen LogP contribution in [0.25, 0.3) is 0 Å². The molecule has 0 radical (unpaired) electrons. The number of hydrogen-bond donors (Lipinski definition) is 1. The first-order valence-corrected chi connectivity index (χ1v) is 6.65.